The number of aliphatic hydroxyl groups is 1. The number of hydrogen-bond donors (Lipinski definition) is 3. The zero-order valence-corrected chi connectivity index (χ0v) is 63.4. The Morgan fingerprint density at radius 3 is 0.755 bits per heavy atom. The SMILES string of the molecule is CCC(C)CCCCCCCCCCCCCCCCCCCCC(=O)O[C@H](COC(=O)CCCCCCCCC(C)C)COP(=O)(O)OCC(O)COP(=O)(O)OC[C@@H](COC(=O)CCCCCCCCCCC(C)C)OC(=O)CCCCCCCCCCC(C)CC. The molecule has 7 atom stereocenters. The minimum Gasteiger partial charge on any atom is -0.462 e. The van der Waals surface area contributed by atoms with Crippen LogP contribution in [0.3, 0.4) is 0 Å². The number of hydrogen-bond acceptors (Lipinski definition) is 15. The summed E-state index contributed by atoms with van der Waals surface area (Å²) < 4.78 is 68.4. The van der Waals surface area contributed by atoms with Crippen LogP contribution in [0.2, 0.25) is 0 Å². The third-order valence-corrected chi connectivity index (χ3v) is 19.9. The smallest absolute Gasteiger partial charge is 0.462 e. The van der Waals surface area contributed by atoms with E-state index in [1.165, 1.54) is 173 Å². The lowest BCUT2D eigenvalue weighted by atomic mass is 9.99. The van der Waals surface area contributed by atoms with E-state index in [0.717, 1.165) is 114 Å². The van der Waals surface area contributed by atoms with Gasteiger partial charge in [0, 0.05) is 25.7 Å². The van der Waals surface area contributed by atoms with E-state index in [-0.39, 0.29) is 25.7 Å². The fraction of sp³-hybridized carbons (Fsp3) is 0.947. The molecule has 19 heteroatoms. The van der Waals surface area contributed by atoms with Crippen LogP contribution in [0.15, 0.2) is 0 Å². The molecule has 0 rings (SSSR count). The molecule has 0 saturated carbocycles. The summed E-state index contributed by atoms with van der Waals surface area (Å²) in [5.74, 6) is 0.918. The van der Waals surface area contributed by atoms with E-state index in [1.54, 1.807) is 0 Å². The predicted molar refractivity (Wildman–Crippen MR) is 381 cm³/mol. The molecule has 0 aromatic rings. The van der Waals surface area contributed by atoms with Crippen molar-refractivity contribution in [2.45, 2.75) is 395 Å². The van der Waals surface area contributed by atoms with Gasteiger partial charge in [0.15, 0.2) is 12.2 Å². The number of esters is 4. The first-order valence-electron chi connectivity index (χ1n) is 38.8. The molecule has 558 valence electrons. The third kappa shape index (κ3) is 66.0. The Bertz CT molecular complexity index is 1850. The van der Waals surface area contributed by atoms with Crippen molar-refractivity contribution in [3.05, 3.63) is 0 Å². The van der Waals surface area contributed by atoms with Crippen molar-refractivity contribution in [2.75, 3.05) is 39.6 Å². The lowest BCUT2D eigenvalue weighted by molar-refractivity contribution is -0.161. The van der Waals surface area contributed by atoms with Crippen LogP contribution in [0.4, 0.5) is 0 Å². The van der Waals surface area contributed by atoms with Crippen LogP contribution < -0.4 is 0 Å². The minimum absolute atomic E-state index is 0.104. The van der Waals surface area contributed by atoms with E-state index in [4.69, 9.17) is 37.0 Å². The minimum atomic E-state index is -4.96. The molecule has 0 aliphatic rings. The van der Waals surface area contributed by atoms with Gasteiger partial charge in [0.05, 0.1) is 26.4 Å². The second-order valence-electron chi connectivity index (χ2n) is 28.5. The molecule has 0 bridgehead atoms. The first-order valence-corrected chi connectivity index (χ1v) is 41.8. The summed E-state index contributed by atoms with van der Waals surface area (Å²) in [5, 5.41) is 10.6. The third-order valence-electron chi connectivity index (χ3n) is 18.0. The van der Waals surface area contributed by atoms with Crippen molar-refractivity contribution < 1.29 is 80.2 Å². The largest absolute Gasteiger partial charge is 0.472 e. The fourth-order valence-electron chi connectivity index (χ4n) is 11.3. The summed E-state index contributed by atoms with van der Waals surface area (Å²) in [6.07, 6.45) is 48.8. The van der Waals surface area contributed by atoms with Crippen LogP contribution in [0.5, 0.6) is 0 Å². The monoisotopic (exact) mass is 1380 g/mol. The summed E-state index contributed by atoms with van der Waals surface area (Å²) in [4.78, 5) is 72.6. The molecule has 0 fully saturated rings. The molecule has 17 nitrogen and oxygen atoms in total. The molecule has 0 spiro atoms. The predicted octanol–water partition coefficient (Wildman–Crippen LogP) is 21.7. The lowest BCUT2D eigenvalue weighted by Gasteiger charge is -2.21. The van der Waals surface area contributed by atoms with Gasteiger partial charge in [-0.05, 0) is 49.4 Å². The number of unbranched alkanes of at least 4 members (excludes halogenated alkanes) is 36. The number of carbonyl (C=O) groups excluding carboxylic acids is 4. The zero-order valence-electron chi connectivity index (χ0n) is 61.6. The first-order chi connectivity index (χ1) is 45.2. The first kappa shape index (κ1) is 92.1. The van der Waals surface area contributed by atoms with Gasteiger partial charge < -0.3 is 33.8 Å². The number of carbonyl (C=O) groups is 4. The topological polar surface area (TPSA) is 237 Å². The molecule has 0 aliphatic carbocycles. The number of aliphatic hydroxyl groups excluding tert-OH is 1. The second kappa shape index (κ2) is 64.4. The van der Waals surface area contributed by atoms with Crippen LogP contribution in [-0.2, 0) is 65.4 Å². The van der Waals surface area contributed by atoms with Gasteiger partial charge >= 0.3 is 39.5 Å². The van der Waals surface area contributed by atoms with Gasteiger partial charge in [0.25, 0.3) is 0 Å². The Kier molecular flexibility index (Phi) is 63.1. The molecule has 94 heavy (non-hydrogen) atoms. The Morgan fingerprint density at radius 2 is 0.511 bits per heavy atom. The average molecular weight is 1380 g/mol. The van der Waals surface area contributed by atoms with Crippen LogP contribution in [0.1, 0.15) is 376 Å². The van der Waals surface area contributed by atoms with E-state index in [1.807, 2.05) is 0 Å². The lowest BCUT2D eigenvalue weighted by Crippen LogP contribution is -2.30. The van der Waals surface area contributed by atoms with E-state index >= 15 is 0 Å². The zero-order chi connectivity index (χ0) is 69.6. The molecule has 0 amide bonds. The van der Waals surface area contributed by atoms with Crippen molar-refractivity contribution in [1.29, 1.82) is 0 Å². The average Bonchev–Trinajstić information content (AvgIpc) is 1.18. The maximum atomic E-state index is 13.0. The Labute approximate surface area is 575 Å². The van der Waals surface area contributed by atoms with E-state index in [2.05, 4.69) is 55.4 Å². The van der Waals surface area contributed by atoms with Gasteiger partial charge in [-0.15, -0.1) is 0 Å². The molecule has 3 N–H and O–H groups in total. The van der Waals surface area contributed by atoms with Crippen molar-refractivity contribution in [2.24, 2.45) is 23.7 Å². The summed E-state index contributed by atoms with van der Waals surface area (Å²) in [7, 11) is -9.91. The summed E-state index contributed by atoms with van der Waals surface area (Å²) >= 11 is 0. The molecule has 0 saturated heterocycles. The Morgan fingerprint density at radius 1 is 0.298 bits per heavy atom. The van der Waals surface area contributed by atoms with Gasteiger partial charge in [0.2, 0.25) is 0 Å². The molecule has 0 radical (unpaired) electrons. The molecule has 0 heterocycles. The van der Waals surface area contributed by atoms with Crippen molar-refractivity contribution >= 4 is 39.5 Å². The quantitative estimate of drug-likeness (QED) is 0.0222. The van der Waals surface area contributed by atoms with E-state index < -0.39 is 97.5 Å². The van der Waals surface area contributed by atoms with E-state index in [0.29, 0.717) is 31.6 Å². The highest BCUT2D eigenvalue weighted by molar-refractivity contribution is 7.47. The molecular weight excluding hydrogens is 1230 g/mol. The highest BCUT2D eigenvalue weighted by Gasteiger charge is 2.30. The van der Waals surface area contributed by atoms with Gasteiger partial charge in [0.1, 0.15) is 19.3 Å². The van der Waals surface area contributed by atoms with Gasteiger partial charge in [-0.3, -0.25) is 37.3 Å². The Balaban J connectivity index is 5.15. The highest BCUT2D eigenvalue weighted by Crippen LogP contribution is 2.45. The van der Waals surface area contributed by atoms with Crippen molar-refractivity contribution in [1.82, 2.24) is 0 Å². The maximum absolute atomic E-state index is 13.0. The van der Waals surface area contributed by atoms with Gasteiger partial charge in [-0.1, -0.05) is 325 Å². The normalized spacial score (nSPS) is 14.7. The number of rotatable bonds is 72. The highest BCUT2D eigenvalue weighted by atomic mass is 31.2. The van der Waals surface area contributed by atoms with Crippen LogP contribution in [0.25, 0.3) is 0 Å². The van der Waals surface area contributed by atoms with Crippen molar-refractivity contribution in [3.63, 3.8) is 0 Å². The molecule has 5 unspecified atom stereocenters. The number of phosphoric acid groups is 2. The van der Waals surface area contributed by atoms with Gasteiger partial charge in [-0.25, -0.2) is 9.13 Å². The number of phosphoric ester groups is 2. The van der Waals surface area contributed by atoms with Crippen LogP contribution in [0, 0.1) is 23.7 Å². The van der Waals surface area contributed by atoms with Crippen LogP contribution >= 0.6 is 15.6 Å². The molecule has 0 aromatic heterocycles. The van der Waals surface area contributed by atoms with E-state index in [9.17, 15) is 43.2 Å². The summed E-state index contributed by atoms with van der Waals surface area (Å²) in [5.41, 5.74) is 0. The molecule has 0 aromatic carbocycles. The molecule has 0 aliphatic heterocycles. The standard InChI is InChI=1S/C75H146O17P2/c1-9-67(7)53-45-37-28-21-19-17-15-13-11-12-14-16-18-20-22-31-41-49-57-74(79)91-71(62-86-73(78)56-48-40-34-33-36-44-52-66(5)6)64-90-94(83,84)88-60-69(76)59-87-93(81,82)89-63-70(61-85-72(77)55-47-39-30-25-23-27-35-43-51-65(3)4)92-75(80)58-50-42-32-26-24-29-38-46-54-68(8)10-2/h65-71,76H,9-64H2,1-8H3,(H,81,82)(H,83,84)/t67?,68?,69?,70-,71-/m1/s1. The Hall–Kier alpha value is -1.94. The van der Waals surface area contributed by atoms with Gasteiger partial charge in [-0.2, -0.15) is 0 Å². The maximum Gasteiger partial charge on any atom is 0.472 e. The second-order valence-corrected chi connectivity index (χ2v) is 31.4. The summed E-state index contributed by atoms with van der Waals surface area (Å²) in [6.45, 7) is 14.1. The number of ether oxygens (including phenoxy) is 4. The van der Waals surface area contributed by atoms with Crippen molar-refractivity contribution in [3.8, 4) is 0 Å². The summed E-state index contributed by atoms with van der Waals surface area (Å²) in [6, 6.07) is 0. The fourth-order valence-corrected chi connectivity index (χ4v) is 12.9. The molecular formula is C75H146O17P2. The van der Waals surface area contributed by atoms with Crippen LogP contribution in [-0.4, -0.2) is 96.7 Å².